The van der Waals surface area contributed by atoms with Crippen LogP contribution in [-0.4, -0.2) is 11.9 Å². The van der Waals surface area contributed by atoms with Gasteiger partial charge in [-0.05, 0) is 53.4 Å². The number of rotatable bonds is 4. The van der Waals surface area contributed by atoms with Crippen molar-refractivity contribution >= 4 is 45.4 Å². The summed E-state index contributed by atoms with van der Waals surface area (Å²) in [6.45, 7) is 2.16. The van der Waals surface area contributed by atoms with Crippen LogP contribution < -0.4 is 5.32 Å². The minimum atomic E-state index is -0.487. The molecule has 6 heteroatoms. The first-order chi connectivity index (χ1) is 13.2. The van der Waals surface area contributed by atoms with Crippen LogP contribution in [0.2, 0.25) is 0 Å². The third kappa shape index (κ3) is 2.51. The molecule has 0 aliphatic carbocycles. The fourth-order valence-corrected chi connectivity index (χ4v) is 6.13. The average Bonchev–Trinajstić information content (AvgIpc) is 3.46. The summed E-state index contributed by atoms with van der Waals surface area (Å²) in [6.07, 6.45) is 3.59. The molecule has 0 saturated carbocycles. The molecule has 0 radical (unpaired) electrons. The zero-order valence-corrected chi connectivity index (χ0v) is 17.4. The second kappa shape index (κ2) is 6.41. The maximum Gasteiger partial charge on any atom is 0.167 e. The standard InChI is InChI=1S/C21H18N2OS3/c1-14-5-6-18(27-14)20-19(17-4-3-10-26-17)22-21(23(20)2,15-7-9-24-12-15)16-8-11-25-13-16/h3-13,22H,1-2H3. The monoisotopic (exact) mass is 410 g/mol. The SMILES string of the molecule is Cc1ccc(C2=C(c3cccs3)NC(c3ccoc3)(c3ccsc3)N2C)s1. The maximum atomic E-state index is 5.49. The Bertz CT molecular complexity index is 1040. The molecule has 4 aromatic heterocycles. The third-order valence-electron chi connectivity index (χ3n) is 5.00. The molecular weight excluding hydrogens is 392 g/mol. The van der Waals surface area contributed by atoms with Gasteiger partial charge in [0, 0.05) is 23.1 Å². The Balaban J connectivity index is 1.76. The molecule has 1 aliphatic rings. The Morgan fingerprint density at radius 2 is 1.96 bits per heavy atom. The summed E-state index contributed by atoms with van der Waals surface area (Å²) < 4.78 is 5.49. The van der Waals surface area contributed by atoms with Crippen molar-refractivity contribution in [3.05, 3.63) is 90.8 Å². The highest BCUT2D eigenvalue weighted by molar-refractivity contribution is 7.13. The molecule has 0 bridgehead atoms. The minimum absolute atomic E-state index is 0.487. The fourth-order valence-electron chi connectivity index (χ4n) is 3.75. The topological polar surface area (TPSA) is 28.4 Å². The molecule has 5 rings (SSSR count). The molecule has 0 aromatic carbocycles. The van der Waals surface area contributed by atoms with Gasteiger partial charge in [-0.2, -0.15) is 11.3 Å². The lowest BCUT2D eigenvalue weighted by Gasteiger charge is -2.38. The second-order valence-corrected chi connectivity index (χ2v) is 9.55. The lowest BCUT2D eigenvalue weighted by molar-refractivity contribution is 0.240. The van der Waals surface area contributed by atoms with E-state index in [1.54, 1.807) is 28.9 Å². The van der Waals surface area contributed by atoms with Gasteiger partial charge in [0.05, 0.1) is 33.7 Å². The van der Waals surface area contributed by atoms with Crippen LogP contribution in [0.4, 0.5) is 0 Å². The first-order valence-electron chi connectivity index (χ1n) is 8.62. The highest BCUT2D eigenvalue weighted by Gasteiger charge is 2.48. The number of furan rings is 1. The quantitative estimate of drug-likeness (QED) is 0.445. The Kier molecular flexibility index (Phi) is 4.00. The number of hydrogen-bond acceptors (Lipinski definition) is 6. The summed E-state index contributed by atoms with van der Waals surface area (Å²) in [5.41, 5.74) is 4.22. The fraction of sp³-hybridized carbons (Fsp3) is 0.143. The van der Waals surface area contributed by atoms with Gasteiger partial charge in [0.2, 0.25) is 0 Å². The van der Waals surface area contributed by atoms with Gasteiger partial charge in [-0.25, -0.2) is 0 Å². The Labute approximate surface area is 170 Å². The van der Waals surface area contributed by atoms with Gasteiger partial charge < -0.3 is 14.6 Å². The van der Waals surface area contributed by atoms with E-state index < -0.39 is 5.66 Å². The molecule has 0 spiro atoms. The lowest BCUT2D eigenvalue weighted by Crippen LogP contribution is -2.48. The van der Waals surface area contributed by atoms with Crippen LogP contribution in [-0.2, 0) is 5.66 Å². The van der Waals surface area contributed by atoms with Crippen LogP contribution in [0.25, 0.3) is 11.4 Å². The van der Waals surface area contributed by atoms with Crippen LogP contribution in [0.15, 0.2) is 69.5 Å². The zero-order valence-electron chi connectivity index (χ0n) is 14.9. The Hall–Kier alpha value is -2.28. The van der Waals surface area contributed by atoms with Crippen molar-refractivity contribution in [3.8, 4) is 0 Å². The van der Waals surface area contributed by atoms with Gasteiger partial charge in [-0.3, -0.25) is 0 Å². The predicted molar refractivity (Wildman–Crippen MR) is 115 cm³/mol. The summed E-state index contributed by atoms with van der Waals surface area (Å²) in [4.78, 5) is 6.18. The molecule has 1 N–H and O–H groups in total. The highest BCUT2D eigenvalue weighted by atomic mass is 32.1. The molecule has 3 nitrogen and oxygen atoms in total. The van der Waals surface area contributed by atoms with Gasteiger partial charge in [0.1, 0.15) is 0 Å². The smallest absolute Gasteiger partial charge is 0.167 e. The average molecular weight is 411 g/mol. The summed E-state index contributed by atoms with van der Waals surface area (Å²) in [6, 6.07) is 12.9. The Morgan fingerprint density at radius 1 is 1.04 bits per heavy atom. The van der Waals surface area contributed by atoms with Crippen LogP contribution in [0.5, 0.6) is 0 Å². The van der Waals surface area contributed by atoms with Crippen LogP contribution in [0.3, 0.4) is 0 Å². The molecule has 136 valence electrons. The number of nitrogens with zero attached hydrogens (tertiary/aromatic N) is 1. The van der Waals surface area contributed by atoms with Crippen molar-refractivity contribution in [1.82, 2.24) is 10.2 Å². The van der Waals surface area contributed by atoms with Gasteiger partial charge >= 0.3 is 0 Å². The Morgan fingerprint density at radius 3 is 2.59 bits per heavy atom. The van der Waals surface area contributed by atoms with Crippen LogP contribution in [0.1, 0.15) is 25.8 Å². The summed E-state index contributed by atoms with van der Waals surface area (Å²) >= 11 is 5.30. The van der Waals surface area contributed by atoms with Crippen molar-refractivity contribution in [1.29, 1.82) is 0 Å². The van der Waals surface area contributed by atoms with E-state index in [0.29, 0.717) is 0 Å². The van der Waals surface area contributed by atoms with Crippen molar-refractivity contribution in [2.75, 3.05) is 7.05 Å². The predicted octanol–water partition coefficient (Wildman–Crippen LogP) is 6.03. The number of thiophene rings is 3. The molecule has 27 heavy (non-hydrogen) atoms. The van der Waals surface area contributed by atoms with E-state index in [-0.39, 0.29) is 0 Å². The van der Waals surface area contributed by atoms with Gasteiger partial charge in [-0.15, -0.1) is 22.7 Å². The molecular formula is C21H18N2OS3. The van der Waals surface area contributed by atoms with E-state index >= 15 is 0 Å². The molecule has 4 aromatic rings. The van der Waals surface area contributed by atoms with Crippen molar-refractivity contribution in [3.63, 3.8) is 0 Å². The van der Waals surface area contributed by atoms with Gasteiger partial charge in [0.25, 0.3) is 0 Å². The van der Waals surface area contributed by atoms with E-state index in [0.717, 1.165) is 5.56 Å². The van der Waals surface area contributed by atoms with E-state index in [1.165, 1.54) is 31.6 Å². The maximum absolute atomic E-state index is 5.49. The lowest BCUT2D eigenvalue weighted by atomic mass is 9.94. The van der Waals surface area contributed by atoms with E-state index in [1.807, 2.05) is 17.6 Å². The molecule has 1 atom stereocenters. The molecule has 0 saturated heterocycles. The van der Waals surface area contributed by atoms with E-state index in [9.17, 15) is 0 Å². The molecule has 1 aliphatic heterocycles. The number of aryl methyl sites for hydroxylation is 1. The van der Waals surface area contributed by atoms with Crippen LogP contribution >= 0.6 is 34.0 Å². The highest BCUT2D eigenvalue weighted by Crippen LogP contribution is 2.49. The van der Waals surface area contributed by atoms with E-state index in [4.69, 9.17) is 4.42 Å². The van der Waals surface area contributed by atoms with Crippen LogP contribution in [0, 0.1) is 6.92 Å². The molecule has 0 amide bonds. The summed E-state index contributed by atoms with van der Waals surface area (Å²) in [5, 5.41) is 10.4. The van der Waals surface area contributed by atoms with Gasteiger partial charge in [0.15, 0.2) is 5.66 Å². The molecule has 0 fully saturated rings. The number of nitrogens with one attached hydrogen (secondary N) is 1. The first-order valence-corrected chi connectivity index (χ1v) is 11.3. The minimum Gasteiger partial charge on any atom is -0.472 e. The van der Waals surface area contributed by atoms with Crippen molar-refractivity contribution < 1.29 is 4.42 Å². The largest absolute Gasteiger partial charge is 0.472 e. The third-order valence-corrected chi connectivity index (χ3v) is 7.58. The second-order valence-electron chi connectivity index (χ2n) is 6.53. The van der Waals surface area contributed by atoms with Gasteiger partial charge in [-0.1, -0.05) is 6.07 Å². The van der Waals surface area contributed by atoms with Crippen molar-refractivity contribution in [2.24, 2.45) is 0 Å². The van der Waals surface area contributed by atoms with E-state index in [2.05, 4.69) is 76.7 Å². The zero-order chi connectivity index (χ0) is 18.4. The molecule has 5 heterocycles. The summed E-state index contributed by atoms with van der Waals surface area (Å²) in [5.74, 6) is 0. The number of hydrogen-bond donors (Lipinski definition) is 1. The molecule has 1 unspecified atom stereocenters. The first kappa shape index (κ1) is 16.9. The summed E-state index contributed by atoms with van der Waals surface area (Å²) in [7, 11) is 2.17. The normalized spacial score (nSPS) is 19.7. The van der Waals surface area contributed by atoms with Crippen molar-refractivity contribution in [2.45, 2.75) is 12.6 Å².